The van der Waals surface area contributed by atoms with Gasteiger partial charge in [0.1, 0.15) is 0 Å². The number of imidazole rings is 1. The molecule has 3 aromatic rings. The van der Waals surface area contributed by atoms with Crippen molar-refractivity contribution in [3.05, 3.63) is 66.5 Å². The lowest BCUT2D eigenvalue weighted by Crippen LogP contribution is -3.00. The highest BCUT2D eigenvalue weighted by Crippen LogP contribution is 2.11. The Bertz CT molecular complexity index is 735. The van der Waals surface area contributed by atoms with Gasteiger partial charge in [0, 0.05) is 5.56 Å². The number of aryl methyl sites for hydroxylation is 1. The maximum atomic E-state index is 12.2. The number of halogens is 1. The molecule has 102 valence electrons. The summed E-state index contributed by atoms with van der Waals surface area (Å²) >= 11 is 0. The molecule has 0 N–H and O–H groups in total. The van der Waals surface area contributed by atoms with Crippen molar-refractivity contribution in [2.75, 3.05) is 0 Å². The molecule has 20 heavy (non-hydrogen) atoms. The van der Waals surface area contributed by atoms with Gasteiger partial charge in [0.15, 0.2) is 17.6 Å². The summed E-state index contributed by atoms with van der Waals surface area (Å²) < 4.78 is 4.03. The minimum absolute atomic E-state index is 0. The van der Waals surface area contributed by atoms with Gasteiger partial charge < -0.3 is 12.4 Å². The number of carbonyl (C=O) groups is 1. The van der Waals surface area contributed by atoms with Crippen LogP contribution in [0.1, 0.15) is 10.4 Å². The summed E-state index contributed by atoms with van der Waals surface area (Å²) in [6.45, 7) is 0.366. The largest absolute Gasteiger partial charge is 1.00 e. The average Bonchev–Trinajstić information content (AvgIpc) is 2.77. The van der Waals surface area contributed by atoms with Gasteiger partial charge in [-0.1, -0.05) is 42.5 Å². The molecule has 1 heterocycles. The molecule has 0 atom stereocenters. The second kappa shape index (κ2) is 5.88. The Kier molecular flexibility index (Phi) is 4.20. The number of hydrogen-bond donors (Lipinski definition) is 0. The van der Waals surface area contributed by atoms with Crippen LogP contribution in [0.15, 0.2) is 60.9 Å². The average molecular weight is 287 g/mol. The lowest BCUT2D eigenvalue weighted by molar-refractivity contribution is -0.645. The number of hydrogen-bond acceptors (Lipinski definition) is 1. The molecule has 0 bridgehead atoms. The minimum Gasteiger partial charge on any atom is -1.00 e. The number of Topliss-reactive ketones (excluding diaryl/α,β-unsaturated/α-hetero) is 1. The minimum atomic E-state index is 0. The van der Waals surface area contributed by atoms with E-state index in [2.05, 4.69) is 6.07 Å². The molecule has 0 fully saturated rings. The predicted molar refractivity (Wildman–Crippen MR) is 73.9 cm³/mol. The topological polar surface area (TPSA) is 25.9 Å². The molecule has 0 spiro atoms. The predicted octanol–water partition coefficient (Wildman–Crippen LogP) is -0.647. The number of nitrogens with zero attached hydrogens (tertiary/aromatic N) is 2. The van der Waals surface area contributed by atoms with Gasteiger partial charge in [-0.05, 0) is 12.1 Å². The van der Waals surface area contributed by atoms with Crippen LogP contribution in [0.4, 0.5) is 0 Å². The van der Waals surface area contributed by atoms with Gasteiger partial charge in [-0.15, -0.1) is 0 Å². The summed E-state index contributed by atoms with van der Waals surface area (Å²) in [5.74, 6) is 0.127. The van der Waals surface area contributed by atoms with Crippen molar-refractivity contribution in [1.82, 2.24) is 4.57 Å². The highest BCUT2D eigenvalue weighted by Gasteiger charge is 2.16. The Balaban J connectivity index is 0.00000147. The first-order valence-corrected chi connectivity index (χ1v) is 6.27. The quantitative estimate of drug-likeness (QED) is 0.464. The Hall–Kier alpha value is -2.13. The van der Waals surface area contributed by atoms with E-state index in [9.17, 15) is 4.79 Å². The first-order valence-electron chi connectivity index (χ1n) is 6.27. The van der Waals surface area contributed by atoms with Crippen LogP contribution in [0.2, 0.25) is 0 Å². The summed E-state index contributed by atoms with van der Waals surface area (Å²) in [6, 6.07) is 17.5. The fourth-order valence-electron chi connectivity index (χ4n) is 2.33. The highest BCUT2D eigenvalue weighted by molar-refractivity contribution is 5.96. The fraction of sp³-hybridized carbons (Fsp3) is 0.125. The van der Waals surface area contributed by atoms with Gasteiger partial charge >= 0.3 is 0 Å². The molecular weight excluding hydrogens is 272 g/mol. The zero-order valence-electron chi connectivity index (χ0n) is 11.2. The Morgan fingerprint density at radius 3 is 2.45 bits per heavy atom. The van der Waals surface area contributed by atoms with Gasteiger partial charge in [-0.25, -0.2) is 9.13 Å². The van der Waals surface area contributed by atoms with Crippen LogP contribution in [0.25, 0.3) is 11.0 Å². The molecular formula is C16H15ClN2O. The van der Waals surface area contributed by atoms with Crippen molar-refractivity contribution in [1.29, 1.82) is 0 Å². The smallest absolute Gasteiger partial charge is 0.244 e. The van der Waals surface area contributed by atoms with Crippen LogP contribution in [0.3, 0.4) is 0 Å². The zero-order chi connectivity index (χ0) is 13.2. The molecule has 0 radical (unpaired) electrons. The second-order valence-corrected chi connectivity index (χ2v) is 4.63. The van der Waals surface area contributed by atoms with Crippen LogP contribution < -0.4 is 17.0 Å². The first-order chi connectivity index (χ1) is 9.25. The number of fused-ring (bicyclic) bond motifs is 1. The standard InChI is InChI=1S/C16H15N2O.ClH/c1-17-12-18(15-10-6-5-9-14(15)17)11-16(19)13-7-3-2-4-8-13;/h2-10,12H,11H2,1H3;1H/q+1;/p-1. The fourth-order valence-corrected chi connectivity index (χ4v) is 2.33. The van der Waals surface area contributed by atoms with Crippen molar-refractivity contribution in [2.45, 2.75) is 6.54 Å². The van der Waals surface area contributed by atoms with E-state index in [0.29, 0.717) is 6.54 Å². The van der Waals surface area contributed by atoms with Crippen molar-refractivity contribution in [2.24, 2.45) is 7.05 Å². The molecule has 0 unspecified atom stereocenters. The highest BCUT2D eigenvalue weighted by atomic mass is 35.5. The van der Waals surface area contributed by atoms with Crippen LogP contribution in [0, 0.1) is 0 Å². The Morgan fingerprint density at radius 2 is 1.70 bits per heavy atom. The third-order valence-electron chi connectivity index (χ3n) is 3.29. The van der Waals surface area contributed by atoms with E-state index in [1.165, 1.54) is 0 Å². The van der Waals surface area contributed by atoms with Crippen LogP contribution in [0.5, 0.6) is 0 Å². The number of para-hydroxylation sites is 2. The molecule has 4 heteroatoms. The molecule has 1 aromatic heterocycles. The molecule has 0 saturated carbocycles. The Labute approximate surface area is 123 Å². The molecule has 0 aliphatic heterocycles. The van der Waals surface area contributed by atoms with E-state index < -0.39 is 0 Å². The van der Waals surface area contributed by atoms with Crippen molar-refractivity contribution >= 4 is 16.8 Å². The number of benzene rings is 2. The van der Waals surface area contributed by atoms with Crippen molar-refractivity contribution < 1.29 is 21.8 Å². The van der Waals surface area contributed by atoms with Gasteiger partial charge in [0.05, 0.1) is 7.05 Å². The molecule has 3 nitrogen and oxygen atoms in total. The normalized spacial score (nSPS) is 10.2. The molecule has 0 aliphatic rings. The number of aromatic nitrogens is 2. The van der Waals surface area contributed by atoms with Crippen LogP contribution in [-0.2, 0) is 13.6 Å². The third kappa shape index (κ3) is 2.58. The van der Waals surface area contributed by atoms with E-state index in [0.717, 1.165) is 16.6 Å². The van der Waals surface area contributed by atoms with E-state index in [1.807, 2.05) is 71.0 Å². The van der Waals surface area contributed by atoms with E-state index in [4.69, 9.17) is 0 Å². The summed E-state index contributed by atoms with van der Waals surface area (Å²) in [4.78, 5) is 12.2. The molecule has 0 saturated heterocycles. The van der Waals surface area contributed by atoms with E-state index in [1.54, 1.807) is 0 Å². The molecule has 0 aliphatic carbocycles. The van der Waals surface area contributed by atoms with Crippen molar-refractivity contribution in [3.63, 3.8) is 0 Å². The second-order valence-electron chi connectivity index (χ2n) is 4.63. The monoisotopic (exact) mass is 286 g/mol. The van der Waals surface area contributed by atoms with Gasteiger partial charge in [-0.2, -0.15) is 0 Å². The van der Waals surface area contributed by atoms with Crippen LogP contribution in [-0.4, -0.2) is 10.4 Å². The first kappa shape index (κ1) is 14.3. The summed E-state index contributed by atoms with van der Waals surface area (Å²) in [7, 11) is 1.99. The van der Waals surface area contributed by atoms with Crippen LogP contribution >= 0.6 is 0 Å². The lowest BCUT2D eigenvalue weighted by Gasteiger charge is -1.98. The zero-order valence-corrected chi connectivity index (χ0v) is 11.9. The van der Waals surface area contributed by atoms with Gasteiger partial charge in [0.2, 0.25) is 12.1 Å². The Morgan fingerprint density at radius 1 is 1.05 bits per heavy atom. The third-order valence-corrected chi connectivity index (χ3v) is 3.29. The number of rotatable bonds is 3. The van der Waals surface area contributed by atoms with Crippen molar-refractivity contribution in [3.8, 4) is 0 Å². The summed E-state index contributed by atoms with van der Waals surface area (Å²) in [5.41, 5.74) is 2.96. The number of carbonyl (C=O) groups excluding carboxylic acids is 1. The summed E-state index contributed by atoms with van der Waals surface area (Å²) in [5, 5.41) is 0. The molecule has 2 aromatic carbocycles. The van der Waals surface area contributed by atoms with Gasteiger partial charge in [0.25, 0.3) is 0 Å². The lowest BCUT2D eigenvalue weighted by atomic mass is 10.1. The molecule has 0 amide bonds. The van der Waals surface area contributed by atoms with Gasteiger partial charge in [-0.3, -0.25) is 4.79 Å². The maximum Gasteiger partial charge on any atom is 0.244 e. The number of ketones is 1. The SMILES string of the molecule is C[n+]1cn(CC(=O)c2ccccc2)c2ccccc21.[Cl-]. The molecule has 3 rings (SSSR count). The van der Waals surface area contributed by atoms with E-state index >= 15 is 0 Å². The summed E-state index contributed by atoms with van der Waals surface area (Å²) in [6.07, 6.45) is 1.96. The van der Waals surface area contributed by atoms with E-state index in [-0.39, 0.29) is 18.2 Å². The maximum absolute atomic E-state index is 12.2.